The smallest absolute Gasteiger partial charge is 0.333 e. The number of amides is 1. The third kappa shape index (κ3) is 5.76. The lowest BCUT2D eigenvalue weighted by Gasteiger charge is -2.15. The zero-order valence-corrected chi connectivity index (χ0v) is 12.8. The molecule has 0 aromatic rings. The molecule has 1 atom stereocenters. The Hall–Kier alpha value is -1.32. The highest BCUT2D eigenvalue weighted by Gasteiger charge is 2.27. The molecule has 0 aromatic carbocycles. The minimum Gasteiger partial charge on any atom is -0.334 e. The molecular formula is C16H27NO3. The average Bonchev–Trinajstić information content (AvgIpc) is 2.73. The molecule has 0 aliphatic carbocycles. The zero-order valence-electron chi connectivity index (χ0n) is 12.8. The summed E-state index contributed by atoms with van der Waals surface area (Å²) in [5, 5.41) is 1.06. The van der Waals surface area contributed by atoms with Gasteiger partial charge in [-0.15, -0.1) is 5.06 Å². The van der Waals surface area contributed by atoms with Gasteiger partial charge in [0.2, 0.25) is 0 Å². The molecule has 1 aliphatic rings. The molecule has 0 radical (unpaired) electrons. The fourth-order valence-corrected chi connectivity index (χ4v) is 2.35. The molecule has 1 aliphatic heterocycles. The summed E-state index contributed by atoms with van der Waals surface area (Å²) in [6.07, 6.45) is 8.15. The Morgan fingerprint density at radius 3 is 2.60 bits per heavy atom. The summed E-state index contributed by atoms with van der Waals surface area (Å²) in [7, 11) is 0. The highest BCUT2D eigenvalue weighted by Crippen LogP contribution is 2.21. The van der Waals surface area contributed by atoms with Crippen molar-refractivity contribution in [2.24, 2.45) is 5.92 Å². The van der Waals surface area contributed by atoms with Gasteiger partial charge in [0.1, 0.15) is 0 Å². The standard InChI is InChI=1S/C16H27NO3/c1-4-5-8-13(2)9-6-7-10-16(19)20-17-14(3)11-12-15(17)18/h13H,3-12H2,1-2H3. The number of nitrogens with zero attached hydrogens (tertiary/aromatic N) is 1. The molecule has 1 saturated heterocycles. The van der Waals surface area contributed by atoms with E-state index in [1.165, 1.54) is 19.3 Å². The summed E-state index contributed by atoms with van der Waals surface area (Å²) in [5.74, 6) is 0.227. The second-order valence-corrected chi connectivity index (χ2v) is 5.71. The first-order chi connectivity index (χ1) is 9.54. The lowest BCUT2D eigenvalue weighted by molar-refractivity contribution is -0.186. The van der Waals surface area contributed by atoms with E-state index < -0.39 is 0 Å². The maximum atomic E-state index is 11.6. The summed E-state index contributed by atoms with van der Waals surface area (Å²) < 4.78 is 0. The van der Waals surface area contributed by atoms with Gasteiger partial charge in [0.05, 0.1) is 5.70 Å². The summed E-state index contributed by atoms with van der Waals surface area (Å²) in [6.45, 7) is 8.18. The Bertz CT molecular complexity index is 336. The highest BCUT2D eigenvalue weighted by atomic mass is 16.7. The van der Waals surface area contributed by atoms with Crippen molar-refractivity contribution < 1.29 is 14.4 Å². The quantitative estimate of drug-likeness (QED) is 0.601. The molecule has 20 heavy (non-hydrogen) atoms. The van der Waals surface area contributed by atoms with Crippen LogP contribution in [0.2, 0.25) is 0 Å². The number of rotatable bonds is 9. The van der Waals surface area contributed by atoms with Gasteiger partial charge in [-0.1, -0.05) is 52.5 Å². The van der Waals surface area contributed by atoms with Gasteiger partial charge in [0.25, 0.3) is 5.91 Å². The molecule has 0 saturated carbocycles. The van der Waals surface area contributed by atoms with Crippen molar-refractivity contribution in [3.8, 4) is 0 Å². The predicted octanol–water partition coefficient (Wildman–Crippen LogP) is 3.97. The number of carbonyl (C=O) groups excluding carboxylic acids is 2. The molecule has 0 bridgehead atoms. The lowest BCUT2D eigenvalue weighted by atomic mass is 9.97. The highest BCUT2D eigenvalue weighted by molar-refractivity contribution is 5.82. The SMILES string of the molecule is C=C1CCC(=O)N1OC(=O)CCCCC(C)CCCC. The normalized spacial score (nSPS) is 16.6. The topological polar surface area (TPSA) is 46.6 Å². The maximum Gasteiger partial charge on any atom is 0.333 e. The van der Waals surface area contributed by atoms with E-state index in [0.717, 1.165) is 30.2 Å². The Balaban J connectivity index is 2.11. The lowest BCUT2D eigenvalue weighted by Crippen LogP contribution is -2.26. The number of hydrogen-bond acceptors (Lipinski definition) is 3. The summed E-state index contributed by atoms with van der Waals surface area (Å²) >= 11 is 0. The Labute approximate surface area is 122 Å². The molecule has 0 aromatic heterocycles. The number of unbranched alkanes of at least 4 members (excludes halogenated alkanes) is 2. The first-order valence-electron chi connectivity index (χ1n) is 7.76. The predicted molar refractivity (Wildman–Crippen MR) is 78.5 cm³/mol. The largest absolute Gasteiger partial charge is 0.334 e. The van der Waals surface area contributed by atoms with Crippen molar-refractivity contribution in [1.29, 1.82) is 0 Å². The van der Waals surface area contributed by atoms with E-state index in [9.17, 15) is 9.59 Å². The van der Waals surface area contributed by atoms with Gasteiger partial charge in [0.15, 0.2) is 0 Å². The van der Waals surface area contributed by atoms with Gasteiger partial charge in [-0.2, -0.15) is 0 Å². The van der Waals surface area contributed by atoms with Crippen molar-refractivity contribution in [1.82, 2.24) is 5.06 Å². The van der Waals surface area contributed by atoms with Crippen LogP contribution in [0.15, 0.2) is 12.3 Å². The molecule has 1 heterocycles. The van der Waals surface area contributed by atoms with Gasteiger partial charge in [0, 0.05) is 12.8 Å². The minimum absolute atomic E-state index is 0.170. The van der Waals surface area contributed by atoms with Crippen molar-refractivity contribution in [2.45, 2.75) is 71.6 Å². The van der Waals surface area contributed by atoms with E-state index in [4.69, 9.17) is 4.84 Å². The monoisotopic (exact) mass is 281 g/mol. The van der Waals surface area contributed by atoms with Gasteiger partial charge in [-0.25, -0.2) is 4.79 Å². The van der Waals surface area contributed by atoms with E-state index in [1.54, 1.807) is 0 Å². The molecule has 4 nitrogen and oxygen atoms in total. The molecule has 1 amide bonds. The molecule has 1 unspecified atom stereocenters. The first-order valence-corrected chi connectivity index (χ1v) is 7.76. The van der Waals surface area contributed by atoms with Crippen LogP contribution in [0.4, 0.5) is 0 Å². The van der Waals surface area contributed by atoms with Crippen LogP contribution in [-0.2, 0) is 14.4 Å². The molecule has 1 fully saturated rings. The average molecular weight is 281 g/mol. The van der Waals surface area contributed by atoms with Crippen molar-refractivity contribution in [3.05, 3.63) is 12.3 Å². The second-order valence-electron chi connectivity index (χ2n) is 5.71. The number of allylic oxidation sites excluding steroid dienone is 1. The van der Waals surface area contributed by atoms with Gasteiger partial charge < -0.3 is 4.84 Å². The van der Waals surface area contributed by atoms with Crippen molar-refractivity contribution >= 4 is 11.9 Å². The van der Waals surface area contributed by atoms with Crippen LogP contribution in [0.3, 0.4) is 0 Å². The van der Waals surface area contributed by atoms with Crippen molar-refractivity contribution in [3.63, 3.8) is 0 Å². The number of hydrogen-bond donors (Lipinski definition) is 0. The van der Waals surface area contributed by atoms with Crippen LogP contribution in [0, 0.1) is 5.92 Å². The Morgan fingerprint density at radius 1 is 1.30 bits per heavy atom. The van der Waals surface area contributed by atoms with E-state index >= 15 is 0 Å². The summed E-state index contributed by atoms with van der Waals surface area (Å²) in [5.41, 5.74) is 0.580. The van der Waals surface area contributed by atoms with Gasteiger partial charge >= 0.3 is 5.97 Å². The molecule has 1 rings (SSSR count). The summed E-state index contributed by atoms with van der Waals surface area (Å²) in [4.78, 5) is 28.1. The molecule has 0 spiro atoms. The van der Waals surface area contributed by atoms with E-state index in [-0.39, 0.29) is 11.9 Å². The number of carbonyl (C=O) groups is 2. The third-order valence-electron chi connectivity index (χ3n) is 3.71. The van der Waals surface area contributed by atoms with Crippen molar-refractivity contribution in [2.75, 3.05) is 0 Å². The fourth-order valence-electron chi connectivity index (χ4n) is 2.35. The second kappa shape index (κ2) is 8.77. The molecular weight excluding hydrogens is 254 g/mol. The van der Waals surface area contributed by atoms with Crippen LogP contribution < -0.4 is 0 Å². The summed E-state index contributed by atoms with van der Waals surface area (Å²) in [6, 6.07) is 0. The third-order valence-corrected chi connectivity index (χ3v) is 3.71. The van der Waals surface area contributed by atoms with Gasteiger partial charge in [-0.05, 0) is 18.8 Å². The molecule has 114 valence electrons. The minimum atomic E-state index is -0.331. The van der Waals surface area contributed by atoms with Crippen LogP contribution in [0.5, 0.6) is 0 Å². The van der Waals surface area contributed by atoms with Crippen LogP contribution >= 0.6 is 0 Å². The van der Waals surface area contributed by atoms with E-state index in [0.29, 0.717) is 25.0 Å². The Morgan fingerprint density at radius 2 is 2.00 bits per heavy atom. The Kier molecular flexibility index (Phi) is 7.34. The van der Waals surface area contributed by atoms with E-state index in [1.807, 2.05) is 0 Å². The van der Waals surface area contributed by atoms with Crippen LogP contribution in [-0.4, -0.2) is 16.9 Å². The van der Waals surface area contributed by atoms with Gasteiger partial charge in [-0.3, -0.25) is 4.79 Å². The maximum absolute atomic E-state index is 11.6. The first kappa shape index (κ1) is 16.7. The van der Waals surface area contributed by atoms with E-state index in [2.05, 4.69) is 20.4 Å². The zero-order chi connectivity index (χ0) is 15.0. The van der Waals surface area contributed by atoms with Crippen LogP contribution in [0.25, 0.3) is 0 Å². The number of hydroxylamine groups is 2. The van der Waals surface area contributed by atoms with Crippen LogP contribution in [0.1, 0.15) is 71.6 Å². The fraction of sp³-hybridized carbons (Fsp3) is 0.750. The molecule has 4 heteroatoms. The molecule has 0 N–H and O–H groups in total.